The second-order valence-electron chi connectivity index (χ2n) is 16.0. The molecule has 4 nitrogen and oxygen atoms in total. The maximum atomic E-state index is 14.0. The van der Waals surface area contributed by atoms with E-state index >= 15 is 0 Å². The van der Waals surface area contributed by atoms with Gasteiger partial charge in [0.15, 0.2) is 0 Å². The Bertz CT molecular complexity index is 3650. The number of rotatable bonds is 5. The molecule has 0 fully saturated rings. The molecule has 338 valence electrons. The molecular weight excluding hydrogens is 909 g/mol. The molecule has 68 heavy (non-hydrogen) atoms. The van der Waals surface area contributed by atoms with E-state index in [4.69, 9.17) is 4.98 Å². The van der Waals surface area contributed by atoms with Crippen molar-refractivity contribution in [3.8, 4) is 51.0 Å². The zero-order valence-electron chi connectivity index (χ0n) is 34.3. The molecule has 16 heteroatoms. The van der Waals surface area contributed by atoms with Gasteiger partial charge in [-0.05, 0) is 95.1 Å². The molecule has 0 N–H and O–H groups in total. The number of alkyl halides is 12. The van der Waals surface area contributed by atoms with Gasteiger partial charge in [0, 0.05) is 32.7 Å². The number of nitriles is 1. The molecule has 0 saturated heterocycles. The molecule has 0 radical (unpaired) electrons. The topological polar surface area (TPSA) is 46.5 Å². The maximum absolute atomic E-state index is 14.0. The van der Waals surface area contributed by atoms with Crippen LogP contribution in [0.5, 0.6) is 0 Å². The summed E-state index contributed by atoms with van der Waals surface area (Å²) in [4.78, 5) is 4.90. The standard InChI is InChI=1S/C52H26F12N4/c53-49(54,55)33-17-31(18-34(23-33)50(56,57)58)28-13-15-40-38-9-3-5-11-43(38)67(45(40)21-28)47-27-66-48(25-42(47)37-8-2-1-7-30(37)26-65)68-44-12-6-4-10-39(44)41-16-14-29(22-46(41)68)32-19-35(51(59,60)61)24-36(20-32)52(62,63)64/h1-25,27H. The van der Waals surface area contributed by atoms with E-state index < -0.39 is 47.0 Å². The van der Waals surface area contributed by atoms with Crippen molar-refractivity contribution >= 4 is 43.6 Å². The van der Waals surface area contributed by atoms with Gasteiger partial charge in [0.25, 0.3) is 0 Å². The van der Waals surface area contributed by atoms with Gasteiger partial charge in [0.2, 0.25) is 0 Å². The van der Waals surface area contributed by atoms with Crippen molar-refractivity contribution in [1.29, 1.82) is 5.26 Å². The highest BCUT2D eigenvalue weighted by atomic mass is 19.4. The highest BCUT2D eigenvalue weighted by Crippen LogP contribution is 2.44. The Kier molecular flexibility index (Phi) is 9.99. The van der Waals surface area contributed by atoms with Crippen LogP contribution in [0.2, 0.25) is 0 Å². The molecule has 0 aliphatic carbocycles. The second-order valence-corrected chi connectivity index (χ2v) is 16.0. The Morgan fingerprint density at radius 1 is 0.382 bits per heavy atom. The van der Waals surface area contributed by atoms with Gasteiger partial charge in [-0.3, -0.25) is 4.57 Å². The number of nitrogens with zero attached hydrogens (tertiary/aromatic N) is 4. The molecule has 0 spiro atoms. The van der Waals surface area contributed by atoms with E-state index in [1.165, 1.54) is 30.5 Å². The monoisotopic (exact) mass is 934 g/mol. The Labute approximate surface area is 376 Å². The number of hydrogen-bond acceptors (Lipinski definition) is 2. The maximum Gasteiger partial charge on any atom is 0.416 e. The van der Waals surface area contributed by atoms with Crippen LogP contribution in [0.1, 0.15) is 27.8 Å². The fourth-order valence-corrected chi connectivity index (χ4v) is 8.82. The van der Waals surface area contributed by atoms with E-state index in [-0.39, 0.29) is 45.8 Å². The van der Waals surface area contributed by atoms with Crippen LogP contribution < -0.4 is 0 Å². The number of halogens is 12. The Morgan fingerprint density at radius 3 is 1.26 bits per heavy atom. The van der Waals surface area contributed by atoms with Crippen LogP contribution >= 0.6 is 0 Å². The normalized spacial score (nSPS) is 12.7. The summed E-state index contributed by atoms with van der Waals surface area (Å²) < 4.78 is 172. The van der Waals surface area contributed by atoms with Crippen molar-refractivity contribution in [2.45, 2.75) is 24.7 Å². The molecule has 7 aromatic carbocycles. The molecule has 10 rings (SSSR count). The van der Waals surface area contributed by atoms with Gasteiger partial charge >= 0.3 is 24.7 Å². The van der Waals surface area contributed by atoms with Crippen molar-refractivity contribution in [3.05, 3.63) is 186 Å². The minimum Gasteiger partial charge on any atom is -0.307 e. The molecule has 3 aromatic heterocycles. The smallest absolute Gasteiger partial charge is 0.307 e. The van der Waals surface area contributed by atoms with Crippen LogP contribution in [0, 0.1) is 11.3 Å². The van der Waals surface area contributed by atoms with E-state index in [9.17, 15) is 57.9 Å². The predicted octanol–water partition coefficient (Wildman–Crippen LogP) is 16.2. The summed E-state index contributed by atoms with van der Waals surface area (Å²) in [6.07, 6.45) is -18.9. The molecule has 0 atom stereocenters. The Balaban J connectivity index is 1.24. The van der Waals surface area contributed by atoms with Gasteiger partial charge in [0.05, 0.1) is 67.8 Å². The molecule has 0 bridgehead atoms. The third-order valence-electron chi connectivity index (χ3n) is 11.9. The van der Waals surface area contributed by atoms with Crippen LogP contribution in [0.4, 0.5) is 52.7 Å². The summed E-state index contributed by atoms with van der Waals surface area (Å²) in [5.74, 6) is 0.213. The number of hydrogen-bond donors (Lipinski definition) is 0. The molecule has 3 heterocycles. The van der Waals surface area contributed by atoms with E-state index in [1.807, 2.05) is 0 Å². The first kappa shape index (κ1) is 43.8. The summed E-state index contributed by atoms with van der Waals surface area (Å²) in [7, 11) is 0. The highest BCUT2D eigenvalue weighted by Gasteiger charge is 2.38. The fraction of sp³-hybridized carbons (Fsp3) is 0.0769. The van der Waals surface area contributed by atoms with E-state index in [2.05, 4.69) is 6.07 Å². The van der Waals surface area contributed by atoms with E-state index in [1.54, 1.807) is 100 Å². The third-order valence-corrected chi connectivity index (χ3v) is 11.9. The summed E-state index contributed by atoms with van der Waals surface area (Å²) in [6.45, 7) is 0. The zero-order chi connectivity index (χ0) is 48.1. The number of pyridine rings is 1. The van der Waals surface area contributed by atoms with Crippen molar-refractivity contribution in [2.75, 3.05) is 0 Å². The predicted molar refractivity (Wildman–Crippen MR) is 234 cm³/mol. The first-order chi connectivity index (χ1) is 32.2. The Morgan fingerprint density at radius 2 is 0.794 bits per heavy atom. The second kappa shape index (κ2) is 15.5. The fourth-order valence-electron chi connectivity index (χ4n) is 8.82. The molecule has 10 aromatic rings. The Hall–Kier alpha value is -8.06. The summed E-state index contributed by atoms with van der Waals surface area (Å²) in [6, 6.07) is 36.2. The van der Waals surface area contributed by atoms with Gasteiger partial charge in [-0.2, -0.15) is 57.9 Å². The van der Waals surface area contributed by atoms with Crippen molar-refractivity contribution in [3.63, 3.8) is 0 Å². The summed E-state index contributed by atoms with van der Waals surface area (Å²) in [5.41, 5.74) is -3.41. The summed E-state index contributed by atoms with van der Waals surface area (Å²) >= 11 is 0. The van der Waals surface area contributed by atoms with Crippen LogP contribution in [0.3, 0.4) is 0 Å². The minimum atomic E-state index is -5.10. The molecular formula is C52H26F12N4. The molecule has 0 amide bonds. The lowest BCUT2D eigenvalue weighted by atomic mass is 9.97. The third kappa shape index (κ3) is 7.53. The van der Waals surface area contributed by atoms with Gasteiger partial charge < -0.3 is 4.57 Å². The van der Waals surface area contributed by atoms with Gasteiger partial charge in [-0.15, -0.1) is 0 Å². The number of para-hydroxylation sites is 2. The van der Waals surface area contributed by atoms with Gasteiger partial charge in [0.1, 0.15) is 5.82 Å². The SMILES string of the molecule is N#Cc1ccccc1-c1cc(-n2c3ccccc3c3ccc(-c4cc(C(F)(F)F)cc(C(F)(F)F)c4)cc32)ncc1-n1c2ccccc2c2ccc(-c3cc(C(F)(F)F)cc(C(F)(F)F)c3)cc21. The summed E-state index contributed by atoms with van der Waals surface area (Å²) in [5, 5.41) is 12.9. The number of aromatic nitrogens is 3. The van der Waals surface area contributed by atoms with Crippen LogP contribution in [0.25, 0.3) is 88.5 Å². The molecule has 0 aliphatic heterocycles. The first-order valence-electron chi connectivity index (χ1n) is 20.4. The van der Waals surface area contributed by atoms with Gasteiger partial charge in [-0.1, -0.05) is 78.9 Å². The number of benzene rings is 7. The average Bonchev–Trinajstić information content (AvgIpc) is 3.82. The lowest BCUT2D eigenvalue weighted by Crippen LogP contribution is -2.11. The lowest BCUT2D eigenvalue weighted by Gasteiger charge is -2.18. The van der Waals surface area contributed by atoms with Gasteiger partial charge in [-0.25, -0.2) is 4.98 Å². The quantitative estimate of drug-likeness (QED) is 0.161. The largest absolute Gasteiger partial charge is 0.416 e. The van der Waals surface area contributed by atoms with Crippen LogP contribution in [0.15, 0.2) is 158 Å². The highest BCUT2D eigenvalue weighted by molar-refractivity contribution is 6.12. The van der Waals surface area contributed by atoms with E-state index in [0.717, 1.165) is 0 Å². The van der Waals surface area contributed by atoms with Crippen molar-refractivity contribution < 1.29 is 52.7 Å². The lowest BCUT2D eigenvalue weighted by molar-refractivity contribution is -0.144. The molecule has 0 saturated carbocycles. The zero-order valence-corrected chi connectivity index (χ0v) is 34.3. The molecule has 0 aliphatic rings. The van der Waals surface area contributed by atoms with Crippen molar-refractivity contribution in [1.82, 2.24) is 14.1 Å². The molecule has 0 unspecified atom stereocenters. The number of fused-ring (bicyclic) bond motifs is 6. The minimum absolute atomic E-state index is 0.0333. The van der Waals surface area contributed by atoms with Crippen LogP contribution in [-0.2, 0) is 24.7 Å². The van der Waals surface area contributed by atoms with Crippen molar-refractivity contribution in [2.24, 2.45) is 0 Å². The van der Waals surface area contributed by atoms with E-state index in [0.29, 0.717) is 84.7 Å². The van der Waals surface area contributed by atoms with Crippen LogP contribution in [-0.4, -0.2) is 14.1 Å². The first-order valence-corrected chi connectivity index (χ1v) is 20.4. The average molecular weight is 935 g/mol.